The molecular formula is C26H28N6O6. The lowest BCUT2D eigenvalue weighted by molar-refractivity contribution is -0.123. The molecule has 2 amide bonds. The largest absolute Gasteiger partial charge is 0.497 e. The van der Waals surface area contributed by atoms with Crippen LogP contribution < -0.4 is 40.2 Å². The van der Waals surface area contributed by atoms with Crippen molar-refractivity contribution in [1.29, 1.82) is 0 Å². The zero-order chi connectivity index (χ0) is 26.6. The van der Waals surface area contributed by atoms with Gasteiger partial charge in [-0.3, -0.25) is 9.59 Å². The Balaban J connectivity index is 1.50. The van der Waals surface area contributed by atoms with Crippen LogP contribution in [0.5, 0.6) is 23.0 Å². The van der Waals surface area contributed by atoms with Crippen LogP contribution >= 0.6 is 0 Å². The number of methoxy groups -OCH3 is 2. The van der Waals surface area contributed by atoms with Crippen LogP contribution in [0.1, 0.15) is 15.9 Å². The first kappa shape index (κ1) is 24.9. The average Bonchev–Trinajstić information content (AvgIpc) is 3.32. The SMILES string of the molecule is COc1cc2cc(c1)C(=O)N[C@H]1CN(c3ccnc(N)n3)C[C@@H]1Oc1ccc(c(OC)c1)CNC(=O)CO2. The molecule has 12 nitrogen and oxygen atoms in total. The van der Waals surface area contributed by atoms with Gasteiger partial charge in [-0.15, -0.1) is 0 Å². The summed E-state index contributed by atoms with van der Waals surface area (Å²) >= 11 is 0. The van der Waals surface area contributed by atoms with Crippen molar-refractivity contribution in [3.05, 3.63) is 59.8 Å². The van der Waals surface area contributed by atoms with E-state index in [1.165, 1.54) is 7.11 Å². The molecule has 0 saturated carbocycles. The van der Waals surface area contributed by atoms with E-state index in [1.54, 1.807) is 49.7 Å². The van der Waals surface area contributed by atoms with Gasteiger partial charge in [0.15, 0.2) is 6.61 Å². The lowest BCUT2D eigenvalue weighted by atomic mass is 10.1. The monoisotopic (exact) mass is 520 g/mol. The second kappa shape index (κ2) is 10.7. The predicted molar refractivity (Wildman–Crippen MR) is 138 cm³/mol. The van der Waals surface area contributed by atoms with Crippen molar-refractivity contribution in [2.75, 3.05) is 44.5 Å². The average molecular weight is 521 g/mol. The first-order valence-electron chi connectivity index (χ1n) is 12.0. The Hall–Kier alpha value is -4.74. The van der Waals surface area contributed by atoms with Crippen molar-refractivity contribution in [2.24, 2.45) is 0 Å². The molecule has 0 spiro atoms. The standard InChI is InChI=1S/C26H28N6O6/c1-35-18-7-16-8-19(9-18)37-14-24(33)29-11-15-3-4-17(10-21(15)36-2)38-22-13-32(12-20(22)30-25(16)34)23-5-6-28-26(27)31-23/h3-10,20,22H,11-14H2,1-2H3,(H,29,33)(H,30,34)(H2,27,28,31)/t20-,22-/m0/s1. The summed E-state index contributed by atoms with van der Waals surface area (Å²) in [6.45, 7) is 0.866. The number of nitrogens with two attached hydrogens (primary N) is 1. The molecule has 3 aromatic rings. The summed E-state index contributed by atoms with van der Waals surface area (Å²) in [5, 5.41) is 5.89. The molecule has 38 heavy (non-hydrogen) atoms. The second-order valence-corrected chi connectivity index (χ2v) is 8.85. The number of amides is 2. The molecule has 0 radical (unpaired) electrons. The number of hydrogen-bond donors (Lipinski definition) is 3. The number of anilines is 2. The Kier molecular flexibility index (Phi) is 7.03. The fourth-order valence-electron chi connectivity index (χ4n) is 4.43. The summed E-state index contributed by atoms with van der Waals surface area (Å²) in [5.41, 5.74) is 6.89. The van der Waals surface area contributed by atoms with E-state index >= 15 is 0 Å². The van der Waals surface area contributed by atoms with Crippen LogP contribution in [0, 0.1) is 0 Å². The molecule has 4 N–H and O–H groups in total. The molecule has 4 bridgehead atoms. The molecule has 1 saturated heterocycles. The summed E-state index contributed by atoms with van der Waals surface area (Å²) in [7, 11) is 3.04. The molecule has 0 unspecified atom stereocenters. The van der Waals surface area contributed by atoms with E-state index in [4.69, 9.17) is 24.7 Å². The molecule has 4 heterocycles. The third kappa shape index (κ3) is 5.48. The maximum atomic E-state index is 13.4. The minimum atomic E-state index is -0.428. The number of rotatable bonds is 3. The number of nitrogens with one attached hydrogen (secondary N) is 2. The molecule has 2 aromatic carbocycles. The minimum absolute atomic E-state index is 0.158. The normalized spacial score (nSPS) is 19.4. The quantitative estimate of drug-likeness (QED) is 0.459. The van der Waals surface area contributed by atoms with Crippen LogP contribution in [0.15, 0.2) is 48.7 Å². The van der Waals surface area contributed by atoms with Gasteiger partial charge < -0.3 is 40.2 Å². The molecular weight excluding hydrogens is 492 g/mol. The maximum Gasteiger partial charge on any atom is 0.258 e. The summed E-state index contributed by atoms with van der Waals surface area (Å²) in [6, 6.07) is 11.5. The van der Waals surface area contributed by atoms with Crippen molar-refractivity contribution < 1.29 is 28.5 Å². The van der Waals surface area contributed by atoms with E-state index in [1.807, 2.05) is 11.0 Å². The van der Waals surface area contributed by atoms with Crippen molar-refractivity contribution in [2.45, 2.75) is 18.7 Å². The Morgan fingerprint density at radius 2 is 1.92 bits per heavy atom. The highest BCUT2D eigenvalue weighted by atomic mass is 16.5. The lowest BCUT2D eigenvalue weighted by Crippen LogP contribution is -2.45. The maximum absolute atomic E-state index is 13.4. The van der Waals surface area contributed by atoms with Gasteiger partial charge in [-0.25, -0.2) is 4.98 Å². The molecule has 198 valence electrons. The highest BCUT2D eigenvalue weighted by Crippen LogP contribution is 2.29. The van der Waals surface area contributed by atoms with Crippen molar-refractivity contribution >= 4 is 23.6 Å². The van der Waals surface area contributed by atoms with Crippen molar-refractivity contribution in [1.82, 2.24) is 20.6 Å². The number of nitrogens with zero attached hydrogens (tertiary/aromatic N) is 3. The summed E-state index contributed by atoms with van der Waals surface area (Å²) in [4.78, 5) is 36.1. The fourth-order valence-corrected chi connectivity index (χ4v) is 4.43. The molecule has 3 aliphatic heterocycles. The van der Waals surface area contributed by atoms with Gasteiger partial charge in [-0.05, 0) is 30.3 Å². The molecule has 6 rings (SSSR count). The number of fused-ring (bicyclic) bond motifs is 7. The van der Waals surface area contributed by atoms with Gasteiger partial charge >= 0.3 is 0 Å². The number of benzene rings is 2. The summed E-state index contributed by atoms with van der Waals surface area (Å²) in [5.74, 6) is 1.97. The van der Waals surface area contributed by atoms with Crippen LogP contribution in [0.2, 0.25) is 0 Å². The molecule has 0 aliphatic carbocycles. The van der Waals surface area contributed by atoms with Gasteiger partial charge in [0.1, 0.15) is 34.9 Å². The number of ether oxygens (including phenoxy) is 4. The van der Waals surface area contributed by atoms with E-state index in [-0.39, 0.29) is 30.9 Å². The zero-order valence-electron chi connectivity index (χ0n) is 21.0. The topological polar surface area (TPSA) is 150 Å². The summed E-state index contributed by atoms with van der Waals surface area (Å²) in [6.07, 6.45) is 1.16. The molecule has 1 aromatic heterocycles. The van der Waals surface area contributed by atoms with Crippen molar-refractivity contribution in [3.8, 4) is 23.0 Å². The van der Waals surface area contributed by atoms with Gasteiger partial charge in [0.25, 0.3) is 11.8 Å². The summed E-state index contributed by atoms with van der Waals surface area (Å²) < 4.78 is 22.9. The van der Waals surface area contributed by atoms with Crippen LogP contribution in [-0.4, -0.2) is 67.8 Å². The van der Waals surface area contributed by atoms with E-state index in [0.29, 0.717) is 47.5 Å². The smallest absolute Gasteiger partial charge is 0.258 e. The number of carbonyl (C=O) groups excluding carboxylic acids is 2. The third-order valence-corrected chi connectivity index (χ3v) is 6.34. The van der Waals surface area contributed by atoms with E-state index in [2.05, 4.69) is 20.6 Å². The van der Waals surface area contributed by atoms with Crippen LogP contribution in [0.3, 0.4) is 0 Å². The van der Waals surface area contributed by atoms with E-state index < -0.39 is 12.1 Å². The molecule has 2 atom stereocenters. The van der Waals surface area contributed by atoms with Crippen LogP contribution in [0.4, 0.5) is 11.8 Å². The number of carbonyl (C=O) groups is 2. The predicted octanol–water partition coefficient (Wildman–Crippen LogP) is 1.15. The van der Waals surface area contributed by atoms with E-state index in [0.717, 1.165) is 5.56 Å². The number of hydrogen-bond acceptors (Lipinski definition) is 10. The fraction of sp³-hybridized carbons (Fsp3) is 0.308. The molecule has 1 fully saturated rings. The zero-order valence-corrected chi connectivity index (χ0v) is 21.0. The van der Waals surface area contributed by atoms with Gasteiger partial charge in [-0.1, -0.05) is 0 Å². The molecule has 12 heteroatoms. The van der Waals surface area contributed by atoms with Gasteiger partial charge in [0.2, 0.25) is 5.95 Å². The molecule has 3 aliphatic rings. The Morgan fingerprint density at radius 1 is 1.05 bits per heavy atom. The first-order chi connectivity index (χ1) is 18.4. The highest BCUT2D eigenvalue weighted by molar-refractivity contribution is 5.95. The van der Waals surface area contributed by atoms with Gasteiger partial charge in [0, 0.05) is 42.5 Å². The van der Waals surface area contributed by atoms with Crippen molar-refractivity contribution in [3.63, 3.8) is 0 Å². The van der Waals surface area contributed by atoms with E-state index in [9.17, 15) is 9.59 Å². The lowest BCUT2D eigenvalue weighted by Gasteiger charge is -2.22. The van der Waals surface area contributed by atoms with Gasteiger partial charge in [0.05, 0.1) is 26.8 Å². The Morgan fingerprint density at radius 3 is 2.71 bits per heavy atom. The highest BCUT2D eigenvalue weighted by Gasteiger charge is 2.37. The number of aromatic nitrogens is 2. The van der Waals surface area contributed by atoms with Crippen LogP contribution in [0.25, 0.3) is 0 Å². The Labute approximate surface area is 219 Å². The number of nitrogen functional groups attached to an aromatic ring is 1. The van der Waals surface area contributed by atoms with Crippen LogP contribution in [-0.2, 0) is 11.3 Å². The first-order valence-corrected chi connectivity index (χ1v) is 12.0. The third-order valence-electron chi connectivity index (χ3n) is 6.34. The second-order valence-electron chi connectivity index (χ2n) is 8.85. The minimum Gasteiger partial charge on any atom is -0.497 e. The van der Waals surface area contributed by atoms with Gasteiger partial charge in [-0.2, -0.15) is 4.98 Å². The Bertz CT molecular complexity index is 1350.